The van der Waals surface area contributed by atoms with Crippen molar-refractivity contribution in [1.82, 2.24) is 4.98 Å². The summed E-state index contributed by atoms with van der Waals surface area (Å²) >= 11 is 0. The van der Waals surface area contributed by atoms with Crippen molar-refractivity contribution in [2.45, 2.75) is 25.4 Å². The van der Waals surface area contributed by atoms with Gasteiger partial charge in [0, 0.05) is 40.7 Å². The Morgan fingerprint density at radius 3 is 2.73 bits per heavy atom. The molecule has 0 aliphatic carbocycles. The minimum atomic E-state index is -1.73. The Hall–Kier alpha value is -3.10. The maximum Gasteiger partial charge on any atom is 0.268 e. The van der Waals surface area contributed by atoms with Gasteiger partial charge >= 0.3 is 0 Å². The van der Waals surface area contributed by atoms with Crippen LogP contribution < -0.4 is 4.90 Å². The van der Waals surface area contributed by atoms with Crippen LogP contribution in [0.3, 0.4) is 0 Å². The van der Waals surface area contributed by atoms with Crippen molar-refractivity contribution in [3.8, 4) is 6.07 Å². The van der Waals surface area contributed by atoms with E-state index in [9.17, 15) is 9.90 Å². The number of nitriles is 1. The highest BCUT2D eigenvalue weighted by atomic mass is 16.3. The number of amides is 1. The summed E-state index contributed by atoms with van der Waals surface area (Å²) in [5, 5.41) is 21.3. The van der Waals surface area contributed by atoms with E-state index in [1.54, 1.807) is 11.0 Å². The van der Waals surface area contributed by atoms with E-state index in [2.05, 4.69) is 11.1 Å². The van der Waals surface area contributed by atoms with Gasteiger partial charge < -0.3 is 15.0 Å². The molecule has 26 heavy (non-hydrogen) atoms. The van der Waals surface area contributed by atoms with Crippen LogP contribution in [0.5, 0.6) is 0 Å². The fourth-order valence-electron chi connectivity index (χ4n) is 3.96. The number of H-pyrrole nitrogens is 1. The van der Waals surface area contributed by atoms with Gasteiger partial charge in [-0.15, -0.1) is 0 Å². The summed E-state index contributed by atoms with van der Waals surface area (Å²) in [5.41, 5.74) is 1.84. The minimum absolute atomic E-state index is 0.357. The predicted molar refractivity (Wildman–Crippen MR) is 99.7 cm³/mol. The van der Waals surface area contributed by atoms with E-state index >= 15 is 0 Å². The number of para-hydroxylation sites is 2. The first-order valence-electron chi connectivity index (χ1n) is 8.67. The summed E-state index contributed by atoms with van der Waals surface area (Å²) in [4.78, 5) is 18.2. The quantitative estimate of drug-likeness (QED) is 0.712. The molecule has 2 aromatic carbocycles. The standard InChI is InChI=1S/C21H19N3O2/c1-14-19(15-8-2-4-10-17(15)23-14)21(26)16-9-3-5-11-18(16)24(20(21)25)13-7-6-12-22/h2-5,8-11,23,26H,6-7,13H2,1H3/t21-/m0/s1. The van der Waals surface area contributed by atoms with Gasteiger partial charge in [-0.1, -0.05) is 36.4 Å². The number of nitrogens with zero attached hydrogens (tertiary/aromatic N) is 2. The van der Waals surface area contributed by atoms with Crippen LogP contribution in [-0.4, -0.2) is 22.5 Å². The lowest BCUT2D eigenvalue weighted by atomic mass is 9.85. The molecule has 4 rings (SSSR count). The first-order chi connectivity index (χ1) is 12.6. The molecule has 1 aromatic heterocycles. The molecular weight excluding hydrogens is 326 g/mol. The number of carbonyl (C=O) groups is 1. The Kier molecular flexibility index (Phi) is 3.78. The number of aromatic nitrogens is 1. The average Bonchev–Trinajstić information content (AvgIpc) is 3.09. The second kappa shape index (κ2) is 6.01. The van der Waals surface area contributed by atoms with Gasteiger partial charge in [-0.3, -0.25) is 4.79 Å². The maximum absolute atomic E-state index is 13.4. The molecule has 0 saturated carbocycles. The van der Waals surface area contributed by atoms with Crippen molar-refractivity contribution in [1.29, 1.82) is 5.26 Å². The summed E-state index contributed by atoms with van der Waals surface area (Å²) < 4.78 is 0. The number of fused-ring (bicyclic) bond motifs is 2. The zero-order chi connectivity index (χ0) is 18.3. The highest BCUT2D eigenvalue weighted by molar-refractivity contribution is 6.11. The number of nitrogens with one attached hydrogen (secondary N) is 1. The Labute approximate surface area is 151 Å². The molecule has 2 N–H and O–H groups in total. The topological polar surface area (TPSA) is 80.1 Å². The molecule has 5 nitrogen and oxygen atoms in total. The van der Waals surface area contributed by atoms with Gasteiger partial charge in [-0.25, -0.2) is 0 Å². The lowest BCUT2D eigenvalue weighted by Crippen LogP contribution is -2.41. The number of aromatic amines is 1. The van der Waals surface area contributed by atoms with E-state index in [4.69, 9.17) is 5.26 Å². The van der Waals surface area contributed by atoms with Gasteiger partial charge in [0.25, 0.3) is 5.91 Å². The summed E-state index contributed by atoms with van der Waals surface area (Å²) in [5.74, 6) is -0.357. The number of hydrogen-bond acceptors (Lipinski definition) is 3. The number of aliphatic hydroxyl groups is 1. The van der Waals surface area contributed by atoms with Crippen molar-refractivity contribution < 1.29 is 9.90 Å². The fraction of sp³-hybridized carbons (Fsp3) is 0.238. The monoisotopic (exact) mass is 345 g/mol. The highest BCUT2D eigenvalue weighted by Gasteiger charge is 2.52. The van der Waals surface area contributed by atoms with E-state index in [0.717, 1.165) is 16.6 Å². The number of anilines is 1. The Morgan fingerprint density at radius 1 is 1.19 bits per heavy atom. The summed E-state index contributed by atoms with van der Waals surface area (Å²) in [6.45, 7) is 2.29. The predicted octanol–water partition coefficient (Wildman–Crippen LogP) is 3.36. The summed E-state index contributed by atoms with van der Waals surface area (Å²) in [7, 11) is 0. The van der Waals surface area contributed by atoms with E-state index in [-0.39, 0.29) is 5.91 Å². The molecule has 5 heteroatoms. The lowest BCUT2D eigenvalue weighted by Gasteiger charge is -2.24. The van der Waals surface area contributed by atoms with Crippen LogP contribution in [0.2, 0.25) is 0 Å². The maximum atomic E-state index is 13.4. The lowest BCUT2D eigenvalue weighted by molar-refractivity contribution is -0.132. The van der Waals surface area contributed by atoms with E-state index in [1.165, 1.54) is 0 Å². The zero-order valence-electron chi connectivity index (χ0n) is 14.5. The molecule has 1 amide bonds. The molecule has 3 aromatic rings. The van der Waals surface area contributed by atoms with Gasteiger partial charge in [0.2, 0.25) is 0 Å². The SMILES string of the molecule is Cc1[nH]c2ccccc2c1[C@]1(O)C(=O)N(CCCC#N)c2ccccc21. The molecule has 1 atom stereocenters. The molecule has 130 valence electrons. The van der Waals surface area contributed by atoms with Crippen LogP contribution >= 0.6 is 0 Å². The normalized spacial score (nSPS) is 19.0. The van der Waals surface area contributed by atoms with Gasteiger partial charge in [0.15, 0.2) is 5.60 Å². The molecule has 0 bridgehead atoms. The number of hydrogen-bond donors (Lipinski definition) is 2. The second-order valence-corrected chi connectivity index (χ2v) is 6.62. The number of carbonyl (C=O) groups excluding carboxylic acids is 1. The fourth-order valence-corrected chi connectivity index (χ4v) is 3.96. The minimum Gasteiger partial charge on any atom is -0.372 e. The van der Waals surface area contributed by atoms with Gasteiger partial charge in [0.1, 0.15) is 0 Å². The first kappa shape index (κ1) is 16.4. The highest BCUT2D eigenvalue weighted by Crippen LogP contribution is 2.47. The molecule has 2 heterocycles. The Bertz CT molecular complexity index is 1050. The van der Waals surface area contributed by atoms with Crippen LogP contribution in [0.1, 0.15) is 29.7 Å². The third-order valence-corrected chi connectivity index (χ3v) is 5.06. The van der Waals surface area contributed by atoms with Crippen molar-refractivity contribution in [2.75, 3.05) is 11.4 Å². The molecule has 0 unspecified atom stereocenters. The van der Waals surface area contributed by atoms with Crippen LogP contribution in [0.4, 0.5) is 5.69 Å². The van der Waals surface area contributed by atoms with E-state index < -0.39 is 5.60 Å². The number of rotatable bonds is 4. The number of unbranched alkanes of at least 4 members (excludes halogenated alkanes) is 1. The van der Waals surface area contributed by atoms with Crippen LogP contribution in [-0.2, 0) is 10.4 Å². The van der Waals surface area contributed by atoms with Crippen LogP contribution in [0, 0.1) is 18.3 Å². The van der Waals surface area contributed by atoms with Gasteiger partial charge in [0.05, 0.1) is 11.8 Å². The first-order valence-corrected chi connectivity index (χ1v) is 8.67. The zero-order valence-corrected chi connectivity index (χ0v) is 14.5. The molecule has 0 spiro atoms. The largest absolute Gasteiger partial charge is 0.372 e. The second-order valence-electron chi connectivity index (χ2n) is 6.62. The molecule has 0 radical (unpaired) electrons. The van der Waals surface area contributed by atoms with Crippen molar-refractivity contribution in [3.63, 3.8) is 0 Å². The Morgan fingerprint density at radius 2 is 1.92 bits per heavy atom. The van der Waals surface area contributed by atoms with Gasteiger partial charge in [-0.05, 0) is 25.5 Å². The molecule has 0 fully saturated rings. The molecular formula is C21H19N3O2. The third kappa shape index (κ3) is 2.16. The summed E-state index contributed by atoms with van der Waals surface area (Å²) in [6, 6.07) is 17.1. The third-order valence-electron chi connectivity index (χ3n) is 5.06. The van der Waals surface area contributed by atoms with Crippen LogP contribution in [0.25, 0.3) is 10.9 Å². The van der Waals surface area contributed by atoms with Crippen molar-refractivity contribution >= 4 is 22.5 Å². The molecule has 1 aliphatic heterocycles. The average molecular weight is 345 g/mol. The van der Waals surface area contributed by atoms with E-state index in [1.807, 2.05) is 49.4 Å². The number of aryl methyl sites for hydroxylation is 1. The van der Waals surface area contributed by atoms with E-state index in [0.29, 0.717) is 36.2 Å². The Balaban J connectivity index is 1.91. The smallest absolute Gasteiger partial charge is 0.268 e. The van der Waals surface area contributed by atoms with Gasteiger partial charge in [-0.2, -0.15) is 5.26 Å². The van der Waals surface area contributed by atoms with Crippen molar-refractivity contribution in [2.24, 2.45) is 0 Å². The molecule has 0 saturated heterocycles. The molecule has 1 aliphatic rings. The number of benzene rings is 2. The summed E-state index contributed by atoms with van der Waals surface area (Å²) in [6.07, 6.45) is 0.940. The van der Waals surface area contributed by atoms with Crippen molar-refractivity contribution in [3.05, 3.63) is 65.4 Å². The van der Waals surface area contributed by atoms with Crippen LogP contribution in [0.15, 0.2) is 48.5 Å².